The van der Waals surface area contributed by atoms with E-state index in [1.54, 1.807) is 7.11 Å². The number of carbonyl (C=O) groups excluding carboxylic acids is 2. The lowest BCUT2D eigenvalue weighted by Gasteiger charge is -2.39. The molecule has 0 unspecified atom stereocenters. The molecule has 0 aliphatic carbocycles. The zero-order valence-electron chi connectivity index (χ0n) is 21.0. The molecule has 0 spiro atoms. The van der Waals surface area contributed by atoms with Gasteiger partial charge in [-0.05, 0) is 54.8 Å². The fraction of sp³-hybridized carbons (Fsp3) is 0.481. The highest BCUT2D eigenvalue weighted by atomic mass is 16.5. The SMILES string of the molecule is COc1ccc(CNC(=O)C(=O)NC[C@H](c2ccc3c(c2)CCCN3C)N2CCN(C)CC2)cc1. The molecule has 0 aromatic heterocycles. The quantitative estimate of drug-likeness (QED) is 0.590. The van der Waals surface area contributed by atoms with Crippen molar-refractivity contribution in [3.05, 3.63) is 59.2 Å². The van der Waals surface area contributed by atoms with Gasteiger partial charge in [-0.25, -0.2) is 0 Å². The molecule has 8 nitrogen and oxygen atoms in total. The van der Waals surface area contributed by atoms with E-state index in [4.69, 9.17) is 4.74 Å². The van der Waals surface area contributed by atoms with E-state index in [1.165, 1.54) is 16.8 Å². The van der Waals surface area contributed by atoms with Crippen molar-refractivity contribution in [3.8, 4) is 5.75 Å². The van der Waals surface area contributed by atoms with Gasteiger partial charge in [-0.3, -0.25) is 14.5 Å². The molecule has 8 heteroatoms. The summed E-state index contributed by atoms with van der Waals surface area (Å²) >= 11 is 0. The molecule has 2 aromatic carbocycles. The second kappa shape index (κ2) is 11.6. The second-order valence-corrected chi connectivity index (χ2v) is 9.51. The van der Waals surface area contributed by atoms with Crippen LogP contribution in [0, 0.1) is 0 Å². The van der Waals surface area contributed by atoms with Crippen LogP contribution in [-0.2, 0) is 22.6 Å². The van der Waals surface area contributed by atoms with Crippen molar-refractivity contribution in [1.82, 2.24) is 20.4 Å². The highest BCUT2D eigenvalue weighted by molar-refractivity contribution is 6.35. The largest absolute Gasteiger partial charge is 0.497 e. The van der Waals surface area contributed by atoms with Gasteiger partial charge in [0.15, 0.2) is 0 Å². The van der Waals surface area contributed by atoms with Gasteiger partial charge >= 0.3 is 11.8 Å². The molecule has 35 heavy (non-hydrogen) atoms. The van der Waals surface area contributed by atoms with Gasteiger partial charge in [-0.15, -0.1) is 0 Å². The summed E-state index contributed by atoms with van der Waals surface area (Å²) in [6.45, 7) is 5.59. The van der Waals surface area contributed by atoms with Crippen LogP contribution in [0.25, 0.3) is 0 Å². The van der Waals surface area contributed by atoms with Gasteiger partial charge in [0.25, 0.3) is 0 Å². The summed E-state index contributed by atoms with van der Waals surface area (Å²) in [6, 6.07) is 14.1. The Morgan fingerprint density at radius 2 is 1.66 bits per heavy atom. The number of methoxy groups -OCH3 is 1. The predicted molar refractivity (Wildman–Crippen MR) is 138 cm³/mol. The first-order valence-corrected chi connectivity index (χ1v) is 12.4. The zero-order chi connectivity index (χ0) is 24.8. The lowest BCUT2D eigenvalue weighted by molar-refractivity contribution is -0.139. The first kappa shape index (κ1) is 25.0. The van der Waals surface area contributed by atoms with E-state index in [0.29, 0.717) is 6.54 Å². The van der Waals surface area contributed by atoms with E-state index in [9.17, 15) is 9.59 Å². The monoisotopic (exact) mass is 479 g/mol. The van der Waals surface area contributed by atoms with Crippen LogP contribution < -0.4 is 20.3 Å². The van der Waals surface area contributed by atoms with Crippen molar-refractivity contribution in [2.75, 3.05) is 65.4 Å². The molecular formula is C27H37N5O3. The summed E-state index contributed by atoms with van der Waals surface area (Å²) in [4.78, 5) is 32.1. The summed E-state index contributed by atoms with van der Waals surface area (Å²) in [6.07, 6.45) is 2.22. The third-order valence-corrected chi connectivity index (χ3v) is 7.09. The van der Waals surface area contributed by atoms with E-state index >= 15 is 0 Å². The molecule has 2 heterocycles. The van der Waals surface area contributed by atoms with Gasteiger partial charge in [0.2, 0.25) is 0 Å². The molecule has 1 atom stereocenters. The highest BCUT2D eigenvalue weighted by Crippen LogP contribution is 2.31. The molecule has 0 radical (unpaired) electrons. The molecule has 2 aromatic rings. The fourth-order valence-corrected chi connectivity index (χ4v) is 4.88. The molecule has 1 fully saturated rings. The van der Waals surface area contributed by atoms with E-state index in [2.05, 4.69) is 57.6 Å². The van der Waals surface area contributed by atoms with Gasteiger partial charge in [0, 0.05) is 58.5 Å². The summed E-state index contributed by atoms with van der Waals surface area (Å²) in [7, 11) is 5.88. The number of carbonyl (C=O) groups is 2. The molecule has 2 N–H and O–H groups in total. The number of fused-ring (bicyclic) bond motifs is 1. The Labute approximate surface area is 208 Å². The molecule has 188 valence electrons. The van der Waals surface area contributed by atoms with Crippen LogP contribution in [0.2, 0.25) is 0 Å². The summed E-state index contributed by atoms with van der Waals surface area (Å²) in [5, 5.41) is 5.61. The summed E-state index contributed by atoms with van der Waals surface area (Å²) < 4.78 is 5.16. The molecule has 0 bridgehead atoms. The highest BCUT2D eigenvalue weighted by Gasteiger charge is 2.27. The Morgan fingerprint density at radius 3 is 2.37 bits per heavy atom. The Bertz CT molecular complexity index is 1020. The number of piperazine rings is 1. The molecule has 1 saturated heterocycles. The van der Waals surface area contributed by atoms with Crippen LogP contribution in [0.1, 0.15) is 29.2 Å². The van der Waals surface area contributed by atoms with Gasteiger partial charge in [-0.1, -0.05) is 24.3 Å². The normalized spacial score (nSPS) is 17.4. The number of likely N-dealkylation sites (N-methyl/N-ethyl adjacent to an activating group) is 1. The standard InChI is InChI=1S/C27H37N5O3/c1-30-13-15-32(16-14-30)25(22-8-11-24-21(17-22)5-4-12-31(24)2)19-29-27(34)26(33)28-18-20-6-9-23(35-3)10-7-20/h6-11,17,25H,4-5,12-16,18-19H2,1-3H3,(H,28,33)(H,29,34)/t25-/m1/s1. The number of nitrogens with zero attached hydrogens (tertiary/aromatic N) is 3. The average molecular weight is 480 g/mol. The van der Waals surface area contributed by atoms with Crippen LogP contribution in [0.15, 0.2) is 42.5 Å². The Balaban J connectivity index is 1.40. The van der Waals surface area contributed by atoms with Crippen LogP contribution in [-0.4, -0.2) is 82.1 Å². The van der Waals surface area contributed by atoms with Gasteiger partial charge in [0.05, 0.1) is 13.2 Å². The number of ether oxygens (including phenoxy) is 1. The van der Waals surface area contributed by atoms with Gasteiger partial charge < -0.3 is 25.2 Å². The Kier molecular flexibility index (Phi) is 8.25. The van der Waals surface area contributed by atoms with E-state index in [0.717, 1.165) is 56.9 Å². The molecule has 4 rings (SSSR count). The predicted octanol–water partition coefficient (Wildman–Crippen LogP) is 1.80. The maximum atomic E-state index is 12.6. The van der Waals surface area contributed by atoms with Crippen LogP contribution in [0.4, 0.5) is 5.69 Å². The first-order chi connectivity index (χ1) is 16.9. The lowest BCUT2D eigenvalue weighted by Crippen LogP contribution is -2.49. The Hall–Kier alpha value is -3.10. The van der Waals surface area contributed by atoms with E-state index < -0.39 is 11.8 Å². The molecular weight excluding hydrogens is 442 g/mol. The minimum absolute atomic E-state index is 0.0274. The number of hydrogen-bond acceptors (Lipinski definition) is 6. The number of anilines is 1. The van der Waals surface area contributed by atoms with Crippen LogP contribution in [0.3, 0.4) is 0 Å². The summed E-state index contributed by atoms with van der Waals surface area (Å²) in [5.74, 6) is -0.470. The maximum Gasteiger partial charge on any atom is 0.309 e. The van der Waals surface area contributed by atoms with Crippen molar-refractivity contribution in [2.24, 2.45) is 0 Å². The molecule has 0 saturated carbocycles. The maximum absolute atomic E-state index is 12.6. The van der Waals surface area contributed by atoms with E-state index in [-0.39, 0.29) is 12.6 Å². The zero-order valence-corrected chi connectivity index (χ0v) is 21.0. The van der Waals surface area contributed by atoms with Crippen molar-refractivity contribution >= 4 is 17.5 Å². The van der Waals surface area contributed by atoms with E-state index in [1.807, 2.05) is 24.3 Å². The minimum Gasteiger partial charge on any atom is -0.497 e. The number of aryl methyl sites for hydroxylation is 1. The topological polar surface area (TPSA) is 77.1 Å². The van der Waals surface area contributed by atoms with Crippen molar-refractivity contribution in [3.63, 3.8) is 0 Å². The molecule has 2 aliphatic heterocycles. The number of nitrogens with one attached hydrogen (secondary N) is 2. The van der Waals surface area contributed by atoms with Crippen molar-refractivity contribution in [2.45, 2.75) is 25.4 Å². The fourth-order valence-electron chi connectivity index (χ4n) is 4.88. The van der Waals surface area contributed by atoms with Crippen LogP contribution in [0.5, 0.6) is 5.75 Å². The first-order valence-electron chi connectivity index (χ1n) is 12.4. The van der Waals surface area contributed by atoms with Gasteiger partial charge in [-0.2, -0.15) is 0 Å². The third kappa shape index (κ3) is 6.32. The van der Waals surface area contributed by atoms with Crippen molar-refractivity contribution < 1.29 is 14.3 Å². The second-order valence-electron chi connectivity index (χ2n) is 9.51. The number of benzene rings is 2. The summed E-state index contributed by atoms with van der Waals surface area (Å²) in [5.41, 5.74) is 4.75. The molecule has 2 amide bonds. The van der Waals surface area contributed by atoms with Crippen molar-refractivity contribution in [1.29, 1.82) is 0 Å². The number of amides is 2. The minimum atomic E-state index is -0.620. The lowest BCUT2D eigenvalue weighted by atomic mass is 9.95. The average Bonchev–Trinajstić information content (AvgIpc) is 2.88. The third-order valence-electron chi connectivity index (χ3n) is 7.09. The smallest absolute Gasteiger partial charge is 0.309 e. The number of hydrogen-bond donors (Lipinski definition) is 2. The van der Waals surface area contributed by atoms with Crippen LogP contribution >= 0.6 is 0 Å². The number of rotatable bonds is 7. The molecule has 2 aliphatic rings. The Morgan fingerprint density at radius 1 is 0.943 bits per heavy atom. The van der Waals surface area contributed by atoms with Gasteiger partial charge in [0.1, 0.15) is 5.75 Å².